The van der Waals surface area contributed by atoms with Crippen molar-refractivity contribution in [3.8, 4) is 0 Å². The van der Waals surface area contributed by atoms with Gasteiger partial charge >= 0.3 is 12.1 Å². The van der Waals surface area contributed by atoms with E-state index < -0.39 is 18.2 Å². The Kier molecular flexibility index (Phi) is 8.41. The minimum atomic E-state index is -5.08. The molecule has 0 radical (unpaired) electrons. The summed E-state index contributed by atoms with van der Waals surface area (Å²) in [5.74, 6) is -2.76. The van der Waals surface area contributed by atoms with Crippen molar-refractivity contribution in [2.75, 3.05) is 13.1 Å². The van der Waals surface area contributed by atoms with Crippen LogP contribution in [0.1, 0.15) is 25.0 Å². The first-order valence-electron chi connectivity index (χ1n) is 5.72. The van der Waals surface area contributed by atoms with Gasteiger partial charge in [-0.15, -0.1) is 0 Å². The van der Waals surface area contributed by atoms with Crippen molar-refractivity contribution in [2.24, 2.45) is 0 Å². The molecule has 1 heterocycles. The third-order valence-corrected chi connectivity index (χ3v) is 1.97. The van der Waals surface area contributed by atoms with Crippen molar-refractivity contribution in [1.29, 1.82) is 0 Å². The molecule has 9 heteroatoms. The molecule has 0 fully saturated rings. The number of aliphatic carboxylic acids is 1. The summed E-state index contributed by atoms with van der Waals surface area (Å²) in [5, 5.41) is 19.9. The number of hydrogen-bond acceptors (Lipinski definition) is 5. The lowest BCUT2D eigenvalue weighted by Crippen LogP contribution is -2.22. The van der Waals surface area contributed by atoms with E-state index in [0.717, 1.165) is 18.5 Å². The van der Waals surface area contributed by atoms with Gasteiger partial charge in [0.05, 0.1) is 6.10 Å². The van der Waals surface area contributed by atoms with Gasteiger partial charge in [-0.1, -0.05) is 6.92 Å². The summed E-state index contributed by atoms with van der Waals surface area (Å²) in [4.78, 5) is 16.6. The first kappa shape index (κ1) is 18.3. The Balaban J connectivity index is 0.000000441. The fraction of sp³-hybridized carbons (Fsp3) is 0.545. The van der Waals surface area contributed by atoms with Gasteiger partial charge in [0, 0.05) is 24.5 Å². The number of carboxylic acid groups (broad SMARTS) is 1. The number of aliphatic hydroxyl groups excluding tert-OH is 1. The number of nitrogens with zero attached hydrogens (tertiary/aromatic N) is 2. The smallest absolute Gasteiger partial charge is 0.475 e. The minimum Gasteiger partial charge on any atom is -0.475 e. The zero-order chi connectivity index (χ0) is 15.6. The number of aliphatic hydroxyl groups is 1. The first-order valence-corrected chi connectivity index (χ1v) is 5.72. The van der Waals surface area contributed by atoms with Crippen molar-refractivity contribution in [1.82, 2.24) is 15.3 Å². The number of hydrogen-bond donors (Lipinski definition) is 3. The van der Waals surface area contributed by atoms with E-state index >= 15 is 0 Å². The fourth-order valence-corrected chi connectivity index (χ4v) is 1.02. The third kappa shape index (κ3) is 8.38. The quantitative estimate of drug-likeness (QED) is 0.705. The van der Waals surface area contributed by atoms with E-state index in [-0.39, 0.29) is 0 Å². The highest BCUT2D eigenvalue weighted by atomic mass is 19.4. The maximum absolute atomic E-state index is 10.6. The zero-order valence-corrected chi connectivity index (χ0v) is 10.8. The molecule has 0 amide bonds. The third-order valence-electron chi connectivity index (χ3n) is 1.97. The molecule has 0 saturated heterocycles. The minimum absolute atomic E-state index is 0.507. The van der Waals surface area contributed by atoms with E-state index in [1.54, 1.807) is 12.4 Å². The van der Waals surface area contributed by atoms with E-state index in [2.05, 4.69) is 22.2 Å². The summed E-state index contributed by atoms with van der Waals surface area (Å²) < 4.78 is 31.7. The molecule has 1 aromatic heterocycles. The van der Waals surface area contributed by atoms with Crippen LogP contribution in [0.25, 0.3) is 0 Å². The Morgan fingerprint density at radius 3 is 2.30 bits per heavy atom. The maximum Gasteiger partial charge on any atom is 0.490 e. The molecule has 1 unspecified atom stereocenters. The Morgan fingerprint density at radius 1 is 1.40 bits per heavy atom. The number of alkyl halides is 3. The van der Waals surface area contributed by atoms with Crippen LogP contribution in [0.4, 0.5) is 13.2 Å². The number of carbonyl (C=O) groups is 1. The topological polar surface area (TPSA) is 95.3 Å². The summed E-state index contributed by atoms with van der Waals surface area (Å²) in [6, 6.07) is 0. The first-order chi connectivity index (χ1) is 9.29. The lowest BCUT2D eigenvalue weighted by Gasteiger charge is -2.10. The number of halogens is 3. The van der Waals surface area contributed by atoms with Crippen molar-refractivity contribution in [3.05, 3.63) is 24.3 Å². The molecule has 20 heavy (non-hydrogen) atoms. The monoisotopic (exact) mass is 295 g/mol. The summed E-state index contributed by atoms with van der Waals surface area (Å²) in [6.07, 6.45) is 0.192. The van der Waals surface area contributed by atoms with Crippen LogP contribution in [0, 0.1) is 0 Å². The molecule has 0 spiro atoms. The Bertz CT molecular complexity index is 387. The Morgan fingerprint density at radius 2 is 1.90 bits per heavy atom. The summed E-state index contributed by atoms with van der Waals surface area (Å²) in [5.41, 5.74) is 0.756. The van der Waals surface area contributed by atoms with Crippen LogP contribution in [0.15, 0.2) is 18.7 Å². The highest BCUT2D eigenvalue weighted by molar-refractivity contribution is 5.73. The number of rotatable bonds is 5. The van der Waals surface area contributed by atoms with E-state index in [1.165, 1.54) is 6.33 Å². The summed E-state index contributed by atoms with van der Waals surface area (Å²) >= 11 is 0. The summed E-state index contributed by atoms with van der Waals surface area (Å²) in [6.45, 7) is 3.57. The second-order valence-corrected chi connectivity index (χ2v) is 3.69. The molecule has 114 valence electrons. The molecule has 0 bridgehead atoms. The van der Waals surface area contributed by atoms with Gasteiger partial charge in [-0.05, 0) is 13.0 Å². The van der Waals surface area contributed by atoms with Crippen LogP contribution in [0.3, 0.4) is 0 Å². The van der Waals surface area contributed by atoms with Crippen LogP contribution < -0.4 is 5.32 Å². The molecule has 1 aromatic rings. The predicted molar refractivity (Wildman–Crippen MR) is 63.8 cm³/mol. The normalized spacial score (nSPS) is 12.2. The molecule has 1 rings (SSSR count). The SMILES string of the molecule is CCCNCC(O)c1cncnc1.O=C(O)C(F)(F)F. The zero-order valence-electron chi connectivity index (χ0n) is 10.8. The van der Waals surface area contributed by atoms with E-state index in [1.807, 2.05) is 0 Å². The van der Waals surface area contributed by atoms with Crippen molar-refractivity contribution in [3.63, 3.8) is 0 Å². The highest BCUT2D eigenvalue weighted by Gasteiger charge is 2.38. The molecule has 0 aliphatic carbocycles. The predicted octanol–water partition coefficient (Wildman–Crippen LogP) is 1.14. The van der Waals surface area contributed by atoms with Gasteiger partial charge in [-0.25, -0.2) is 14.8 Å². The van der Waals surface area contributed by atoms with Crippen LogP contribution >= 0.6 is 0 Å². The molecular formula is C11H16F3N3O3. The van der Waals surface area contributed by atoms with Crippen LogP contribution in [0.5, 0.6) is 0 Å². The van der Waals surface area contributed by atoms with Crippen molar-refractivity contribution >= 4 is 5.97 Å². The molecule has 0 aliphatic heterocycles. The number of aromatic nitrogens is 2. The summed E-state index contributed by atoms with van der Waals surface area (Å²) in [7, 11) is 0. The van der Waals surface area contributed by atoms with Gasteiger partial charge in [0.2, 0.25) is 0 Å². The number of carboxylic acids is 1. The molecular weight excluding hydrogens is 279 g/mol. The van der Waals surface area contributed by atoms with Crippen molar-refractivity contribution in [2.45, 2.75) is 25.6 Å². The van der Waals surface area contributed by atoms with Crippen LogP contribution in [0.2, 0.25) is 0 Å². The number of nitrogens with one attached hydrogen (secondary N) is 1. The second kappa shape index (κ2) is 9.21. The second-order valence-electron chi connectivity index (χ2n) is 3.69. The lowest BCUT2D eigenvalue weighted by atomic mass is 10.2. The van der Waals surface area contributed by atoms with Gasteiger partial charge in [0.15, 0.2) is 0 Å². The molecule has 0 saturated carbocycles. The molecule has 0 aromatic carbocycles. The average molecular weight is 295 g/mol. The van der Waals surface area contributed by atoms with E-state index in [9.17, 15) is 18.3 Å². The van der Waals surface area contributed by atoms with Crippen molar-refractivity contribution < 1.29 is 28.2 Å². The largest absolute Gasteiger partial charge is 0.490 e. The van der Waals surface area contributed by atoms with Gasteiger partial charge in [-0.2, -0.15) is 13.2 Å². The van der Waals surface area contributed by atoms with Gasteiger partial charge in [0.25, 0.3) is 0 Å². The Labute approximate surface area is 113 Å². The highest BCUT2D eigenvalue weighted by Crippen LogP contribution is 2.13. The standard InChI is InChI=1S/C9H15N3O.C2HF3O2/c1-2-3-10-6-9(13)8-4-11-7-12-5-8;3-2(4,5)1(6)7/h4-5,7,9-10,13H,2-3,6H2,1H3;(H,6,7). The van der Waals surface area contributed by atoms with Crippen LogP contribution in [-0.2, 0) is 4.79 Å². The van der Waals surface area contributed by atoms with Gasteiger partial charge in [-0.3, -0.25) is 0 Å². The molecule has 1 atom stereocenters. The molecule has 3 N–H and O–H groups in total. The van der Waals surface area contributed by atoms with Crippen LogP contribution in [-0.4, -0.2) is 45.4 Å². The van der Waals surface area contributed by atoms with E-state index in [4.69, 9.17) is 9.90 Å². The maximum atomic E-state index is 10.6. The molecule has 6 nitrogen and oxygen atoms in total. The Hall–Kier alpha value is -1.74. The van der Waals surface area contributed by atoms with E-state index in [0.29, 0.717) is 6.54 Å². The fourth-order valence-electron chi connectivity index (χ4n) is 1.02. The average Bonchev–Trinajstić information content (AvgIpc) is 2.39. The van der Waals surface area contributed by atoms with Gasteiger partial charge < -0.3 is 15.5 Å². The molecule has 0 aliphatic rings. The van der Waals surface area contributed by atoms with Gasteiger partial charge in [0.1, 0.15) is 6.33 Å². The lowest BCUT2D eigenvalue weighted by molar-refractivity contribution is -0.192.